The van der Waals surface area contributed by atoms with Gasteiger partial charge < -0.3 is 15.6 Å². The molecule has 29 heavy (non-hydrogen) atoms. The number of aromatic amines is 1. The maximum absolute atomic E-state index is 12.2. The van der Waals surface area contributed by atoms with Crippen molar-refractivity contribution in [3.8, 4) is 0 Å². The lowest BCUT2D eigenvalue weighted by Gasteiger charge is -2.07. The van der Waals surface area contributed by atoms with Crippen molar-refractivity contribution < 1.29 is 9.59 Å². The van der Waals surface area contributed by atoms with E-state index in [1.54, 1.807) is 30.5 Å². The zero-order valence-electron chi connectivity index (χ0n) is 15.1. The minimum Gasteiger partial charge on any atom is -0.361 e. The van der Waals surface area contributed by atoms with Crippen molar-refractivity contribution in [1.82, 2.24) is 10.3 Å². The minimum absolute atomic E-state index is 0.0321. The third-order valence-electron chi connectivity index (χ3n) is 4.24. The summed E-state index contributed by atoms with van der Waals surface area (Å²) in [5.74, 6) is -0.522. The van der Waals surface area contributed by atoms with Crippen LogP contribution in [0.15, 0.2) is 64.9 Å². The van der Waals surface area contributed by atoms with Gasteiger partial charge in [0.1, 0.15) is 5.25 Å². The van der Waals surface area contributed by atoms with Crippen LogP contribution in [0.1, 0.15) is 12.0 Å². The molecule has 0 bridgehead atoms. The topological polar surface area (TPSA) is 98.7 Å². The number of carbonyl (C=O) groups is 2. The Hall–Kier alpha value is -3.10. The second kappa shape index (κ2) is 8.50. The van der Waals surface area contributed by atoms with Gasteiger partial charge in [-0.2, -0.15) is 5.10 Å². The van der Waals surface area contributed by atoms with Crippen molar-refractivity contribution in [2.75, 3.05) is 5.32 Å². The molecule has 4 rings (SSSR count). The van der Waals surface area contributed by atoms with E-state index in [1.165, 1.54) is 11.8 Å². The van der Waals surface area contributed by atoms with Crippen molar-refractivity contribution in [3.05, 3.63) is 65.3 Å². The van der Waals surface area contributed by atoms with Crippen LogP contribution in [0.3, 0.4) is 0 Å². The molecular weight excluding hydrogens is 410 g/mol. The summed E-state index contributed by atoms with van der Waals surface area (Å²) in [6.45, 7) is 0. The number of benzene rings is 2. The van der Waals surface area contributed by atoms with Gasteiger partial charge in [0.05, 0.1) is 6.21 Å². The summed E-state index contributed by atoms with van der Waals surface area (Å²) in [4.78, 5) is 27.5. The maximum atomic E-state index is 12.2. The van der Waals surface area contributed by atoms with Gasteiger partial charge in [-0.25, -0.2) is 0 Å². The number of H-pyrrole nitrogens is 1. The Kier molecular flexibility index (Phi) is 5.64. The molecule has 1 fully saturated rings. The first-order valence-corrected chi connectivity index (χ1v) is 10.0. The van der Waals surface area contributed by atoms with Crippen LogP contribution in [0.25, 0.3) is 10.9 Å². The van der Waals surface area contributed by atoms with Crippen molar-refractivity contribution >= 4 is 63.1 Å². The van der Waals surface area contributed by atoms with E-state index >= 15 is 0 Å². The predicted molar refractivity (Wildman–Crippen MR) is 118 cm³/mol. The molecular formula is C20H16ClN5O2S. The molecule has 2 aromatic carbocycles. The molecule has 1 atom stereocenters. The van der Waals surface area contributed by atoms with E-state index in [9.17, 15) is 9.59 Å². The highest BCUT2D eigenvalue weighted by molar-refractivity contribution is 8.15. The number of anilines is 1. The molecule has 146 valence electrons. The van der Waals surface area contributed by atoms with Gasteiger partial charge in [-0.3, -0.25) is 9.59 Å². The lowest BCUT2D eigenvalue weighted by molar-refractivity contribution is -0.122. The van der Waals surface area contributed by atoms with Crippen LogP contribution in [0, 0.1) is 0 Å². The number of aromatic nitrogens is 1. The Morgan fingerprint density at radius 1 is 1.21 bits per heavy atom. The van der Waals surface area contributed by atoms with E-state index in [2.05, 4.69) is 25.8 Å². The average Bonchev–Trinajstić information content (AvgIpc) is 3.27. The number of carbonyl (C=O) groups excluding carboxylic acids is 2. The van der Waals surface area contributed by atoms with Crippen molar-refractivity contribution in [3.63, 3.8) is 0 Å². The van der Waals surface area contributed by atoms with Gasteiger partial charge >= 0.3 is 0 Å². The van der Waals surface area contributed by atoms with Crippen LogP contribution in [0.2, 0.25) is 5.02 Å². The molecule has 0 spiro atoms. The molecule has 2 amide bonds. The third kappa shape index (κ3) is 4.67. The second-order valence-electron chi connectivity index (χ2n) is 6.29. The molecule has 1 aliphatic heterocycles. The normalized spacial score (nSPS) is 17.9. The van der Waals surface area contributed by atoms with Gasteiger partial charge in [-0.05, 0) is 30.3 Å². The molecule has 7 nitrogen and oxygen atoms in total. The summed E-state index contributed by atoms with van der Waals surface area (Å²) in [7, 11) is 0. The monoisotopic (exact) mass is 425 g/mol. The molecule has 1 unspecified atom stereocenters. The first-order valence-electron chi connectivity index (χ1n) is 8.78. The second-order valence-corrected chi connectivity index (χ2v) is 7.92. The first-order chi connectivity index (χ1) is 14.1. The summed E-state index contributed by atoms with van der Waals surface area (Å²) in [6, 6.07) is 14.6. The smallest absolute Gasteiger partial charge is 0.240 e. The predicted octanol–water partition coefficient (Wildman–Crippen LogP) is 3.77. The van der Waals surface area contributed by atoms with Gasteiger partial charge in [-0.15, -0.1) is 5.10 Å². The fourth-order valence-corrected chi connectivity index (χ4v) is 3.89. The molecule has 9 heteroatoms. The summed E-state index contributed by atoms with van der Waals surface area (Å²) in [6.07, 6.45) is 3.50. The quantitative estimate of drug-likeness (QED) is 0.428. The average molecular weight is 426 g/mol. The molecule has 0 radical (unpaired) electrons. The summed E-state index contributed by atoms with van der Waals surface area (Å²) < 4.78 is 0. The van der Waals surface area contributed by atoms with Gasteiger partial charge in [0.25, 0.3) is 0 Å². The summed E-state index contributed by atoms with van der Waals surface area (Å²) in [5, 5.41) is 15.0. The number of nitrogens with zero attached hydrogens (tertiary/aromatic N) is 2. The maximum Gasteiger partial charge on any atom is 0.240 e. The molecule has 2 heterocycles. The van der Waals surface area contributed by atoms with E-state index in [-0.39, 0.29) is 18.2 Å². The Morgan fingerprint density at radius 3 is 2.83 bits per heavy atom. The highest BCUT2D eigenvalue weighted by Crippen LogP contribution is 2.23. The number of nitrogens with one attached hydrogen (secondary N) is 3. The Bertz CT molecular complexity index is 1120. The van der Waals surface area contributed by atoms with E-state index < -0.39 is 5.25 Å². The number of fused-ring (bicyclic) bond motifs is 1. The number of rotatable bonds is 5. The van der Waals surface area contributed by atoms with E-state index in [4.69, 9.17) is 11.6 Å². The standard InChI is InChI=1S/C20H16ClN5O2S/c21-13-5-7-14(8-6-13)24-18(27)9-17-19(28)25-20(29-17)26-23-11-12-10-22-16-4-2-1-3-15(12)16/h1-8,10-11,17,22H,9H2,(H,24,27)(H,25,26,28). The Morgan fingerprint density at radius 2 is 2.00 bits per heavy atom. The van der Waals surface area contributed by atoms with Crippen molar-refractivity contribution in [1.29, 1.82) is 0 Å². The molecule has 0 aliphatic carbocycles. The Balaban J connectivity index is 1.35. The van der Waals surface area contributed by atoms with Gasteiger partial charge in [0.15, 0.2) is 5.17 Å². The van der Waals surface area contributed by atoms with Crippen LogP contribution in [-0.2, 0) is 9.59 Å². The lowest BCUT2D eigenvalue weighted by Crippen LogP contribution is -2.28. The van der Waals surface area contributed by atoms with E-state index in [0.717, 1.165) is 16.5 Å². The Labute approximate surface area is 175 Å². The van der Waals surface area contributed by atoms with Crippen LogP contribution in [0.4, 0.5) is 5.69 Å². The zero-order chi connectivity index (χ0) is 20.2. The molecule has 0 saturated carbocycles. The SMILES string of the molecule is O=C(CC1SC(=NN=Cc2c[nH]c3ccccc23)NC1=O)Nc1ccc(Cl)cc1. The van der Waals surface area contributed by atoms with Crippen molar-refractivity contribution in [2.24, 2.45) is 10.2 Å². The van der Waals surface area contributed by atoms with Gasteiger partial charge in [0.2, 0.25) is 11.8 Å². The van der Waals surface area contributed by atoms with Crippen LogP contribution < -0.4 is 10.6 Å². The van der Waals surface area contributed by atoms with E-state index in [1.807, 2.05) is 30.5 Å². The number of thioether (sulfide) groups is 1. The summed E-state index contributed by atoms with van der Waals surface area (Å²) in [5.41, 5.74) is 2.54. The minimum atomic E-state index is -0.552. The molecule has 3 N–H and O–H groups in total. The summed E-state index contributed by atoms with van der Waals surface area (Å²) >= 11 is 7.02. The first kappa shape index (κ1) is 19.2. The number of hydrogen-bond acceptors (Lipinski definition) is 5. The number of amides is 2. The fourth-order valence-electron chi connectivity index (χ4n) is 2.84. The fraction of sp³-hybridized carbons (Fsp3) is 0.100. The highest BCUT2D eigenvalue weighted by atomic mass is 35.5. The lowest BCUT2D eigenvalue weighted by atomic mass is 10.2. The highest BCUT2D eigenvalue weighted by Gasteiger charge is 2.32. The number of amidine groups is 1. The number of para-hydroxylation sites is 1. The van der Waals surface area contributed by atoms with Crippen LogP contribution in [0.5, 0.6) is 0 Å². The molecule has 1 aliphatic rings. The van der Waals surface area contributed by atoms with E-state index in [0.29, 0.717) is 15.9 Å². The molecule has 1 saturated heterocycles. The molecule has 1 aromatic heterocycles. The van der Waals surface area contributed by atoms with Crippen LogP contribution >= 0.6 is 23.4 Å². The molecule has 3 aromatic rings. The van der Waals surface area contributed by atoms with Gasteiger partial charge in [0, 0.05) is 39.8 Å². The largest absolute Gasteiger partial charge is 0.361 e. The van der Waals surface area contributed by atoms with Crippen molar-refractivity contribution in [2.45, 2.75) is 11.7 Å². The number of halogens is 1. The number of hydrogen-bond donors (Lipinski definition) is 3. The van der Waals surface area contributed by atoms with Crippen LogP contribution in [-0.4, -0.2) is 33.4 Å². The third-order valence-corrected chi connectivity index (χ3v) is 5.57. The van der Waals surface area contributed by atoms with Gasteiger partial charge in [-0.1, -0.05) is 41.6 Å². The zero-order valence-corrected chi connectivity index (χ0v) is 16.6.